The molecule has 90 valence electrons. The molecular weight excluding hydrogens is 222 g/mol. The molecular formula is C12H19NO2S. The molecule has 0 saturated carbocycles. The van der Waals surface area contributed by atoms with E-state index >= 15 is 0 Å². The summed E-state index contributed by atoms with van der Waals surface area (Å²) in [6, 6.07) is 1.94. The highest BCUT2D eigenvalue weighted by molar-refractivity contribution is 7.12. The Bertz CT molecular complexity index is 362. The first-order valence-corrected chi connectivity index (χ1v) is 6.38. The van der Waals surface area contributed by atoms with Crippen LogP contribution in [0.1, 0.15) is 41.9 Å². The summed E-state index contributed by atoms with van der Waals surface area (Å²) in [4.78, 5) is 12.8. The summed E-state index contributed by atoms with van der Waals surface area (Å²) in [5.41, 5.74) is 0.687. The summed E-state index contributed by atoms with van der Waals surface area (Å²) in [5.74, 6) is -0.0368. The standard InChI is InChI=1S/C12H19NO2S/c1-4-12(3,6-7-14)13-11(15)10-9(2)5-8-16-10/h5,8,14H,4,6-7H2,1-3H3,(H,13,15). The van der Waals surface area contributed by atoms with E-state index in [1.807, 2.05) is 32.2 Å². The summed E-state index contributed by atoms with van der Waals surface area (Å²) in [6.45, 7) is 6.00. The van der Waals surface area contributed by atoms with Crippen LogP contribution >= 0.6 is 11.3 Å². The SMILES string of the molecule is CCC(C)(CCO)NC(=O)c1sccc1C. The molecule has 16 heavy (non-hydrogen) atoms. The van der Waals surface area contributed by atoms with Gasteiger partial charge >= 0.3 is 0 Å². The molecule has 1 unspecified atom stereocenters. The lowest BCUT2D eigenvalue weighted by Gasteiger charge is -2.28. The van der Waals surface area contributed by atoms with E-state index in [1.54, 1.807) is 0 Å². The molecule has 0 saturated heterocycles. The third-order valence-electron chi connectivity index (χ3n) is 2.93. The lowest BCUT2D eigenvalue weighted by molar-refractivity contribution is 0.0890. The number of aliphatic hydroxyl groups is 1. The summed E-state index contributed by atoms with van der Waals surface area (Å²) < 4.78 is 0. The maximum atomic E-state index is 12.0. The molecule has 1 aromatic rings. The number of hydrogen-bond donors (Lipinski definition) is 2. The average Bonchev–Trinajstić information content (AvgIpc) is 2.65. The van der Waals surface area contributed by atoms with Crippen LogP contribution < -0.4 is 5.32 Å². The molecule has 4 heteroatoms. The second-order valence-electron chi connectivity index (χ2n) is 4.27. The molecule has 3 nitrogen and oxygen atoms in total. The minimum atomic E-state index is -0.317. The van der Waals surface area contributed by atoms with E-state index in [0.29, 0.717) is 6.42 Å². The molecule has 0 aliphatic carbocycles. The number of nitrogens with one attached hydrogen (secondary N) is 1. The van der Waals surface area contributed by atoms with Gasteiger partial charge in [0, 0.05) is 12.1 Å². The Morgan fingerprint density at radius 1 is 1.62 bits per heavy atom. The number of thiophene rings is 1. The van der Waals surface area contributed by atoms with Crippen LogP contribution in [0.15, 0.2) is 11.4 Å². The number of amides is 1. The van der Waals surface area contributed by atoms with Gasteiger partial charge in [0.2, 0.25) is 0 Å². The summed E-state index contributed by atoms with van der Waals surface area (Å²) in [6.07, 6.45) is 1.39. The van der Waals surface area contributed by atoms with Gasteiger partial charge in [0.05, 0.1) is 4.88 Å². The number of carbonyl (C=O) groups excluding carboxylic acids is 1. The molecule has 1 atom stereocenters. The minimum Gasteiger partial charge on any atom is -0.396 e. The van der Waals surface area contributed by atoms with Crippen molar-refractivity contribution in [3.05, 3.63) is 21.9 Å². The van der Waals surface area contributed by atoms with Gasteiger partial charge in [-0.25, -0.2) is 0 Å². The zero-order valence-electron chi connectivity index (χ0n) is 10.0. The fourth-order valence-electron chi connectivity index (χ4n) is 1.51. The Balaban J connectivity index is 2.73. The molecule has 0 fully saturated rings. The maximum absolute atomic E-state index is 12.0. The van der Waals surface area contributed by atoms with Gasteiger partial charge in [-0.1, -0.05) is 6.92 Å². The maximum Gasteiger partial charge on any atom is 0.262 e. The first-order valence-electron chi connectivity index (χ1n) is 5.50. The first kappa shape index (κ1) is 13.2. The van der Waals surface area contributed by atoms with Gasteiger partial charge in [-0.3, -0.25) is 4.79 Å². The third kappa shape index (κ3) is 3.06. The van der Waals surface area contributed by atoms with Gasteiger partial charge in [0.1, 0.15) is 0 Å². The van der Waals surface area contributed by atoms with E-state index in [0.717, 1.165) is 16.9 Å². The van der Waals surface area contributed by atoms with Crippen molar-refractivity contribution < 1.29 is 9.90 Å². The van der Waals surface area contributed by atoms with E-state index in [9.17, 15) is 4.79 Å². The summed E-state index contributed by atoms with van der Waals surface area (Å²) in [7, 11) is 0. The molecule has 2 N–H and O–H groups in total. The van der Waals surface area contributed by atoms with Crippen molar-refractivity contribution in [1.82, 2.24) is 5.32 Å². The molecule has 1 rings (SSSR count). The van der Waals surface area contributed by atoms with Crippen molar-refractivity contribution in [3.63, 3.8) is 0 Å². The van der Waals surface area contributed by atoms with Crippen molar-refractivity contribution in [2.24, 2.45) is 0 Å². The predicted molar refractivity (Wildman–Crippen MR) is 66.9 cm³/mol. The van der Waals surface area contributed by atoms with E-state index in [-0.39, 0.29) is 18.1 Å². The highest BCUT2D eigenvalue weighted by Gasteiger charge is 2.25. The molecule has 0 spiro atoms. The zero-order chi connectivity index (χ0) is 12.2. The third-order valence-corrected chi connectivity index (χ3v) is 3.94. The van der Waals surface area contributed by atoms with Crippen molar-refractivity contribution in [3.8, 4) is 0 Å². The topological polar surface area (TPSA) is 49.3 Å². The molecule has 0 aliphatic rings. The smallest absolute Gasteiger partial charge is 0.262 e. The number of carbonyl (C=O) groups is 1. The number of aliphatic hydroxyl groups excluding tert-OH is 1. The first-order chi connectivity index (χ1) is 7.52. The van der Waals surface area contributed by atoms with Gasteiger partial charge in [-0.05, 0) is 43.7 Å². The highest BCUT2D eigenvalue weighted by Crippen LogP contribution is 2.19. The second-order valence-corrected chi connectivity index (χ2v) is 5.19. The van der Waals surface area contributed by atoms with Crippen molar-refractivity contribution >= 4 is 17.2 Å². The normalized spacial score (nSPS) is 14.5. The Kier molecular flexibility index (Phi) is 4.50. The quantitative estimate of drug-likeness (QED) is 0.831. The van der Waals surface area contributed by atoms with E-state index in [2.05, 4.69) is 5.32 Å². The minimum absolute atomic E-state index is 0.0368. The fraction of sp³-hybridized carbons (Fsp3) is 0.583. The molecule has 1 amide bonds. The second kappa shape index (κ2) is 5.46. The summed E-state index contributed by atoms with van der Waals surface area (Å²) >= 11 is 1.45. The van der Waals surface area contributed by atoms with E-state index in [1.165, 1.54) is 11.3 Å². The van der Waals surface area contributed by atoms with Gasteiger partial charge in [-0.15, -0.1) is 11.3 Å². The Morgan fingerprint density at radius 3 is 2.75 bits per heavy atom. The molecule has 1 aromatic heterocycles. The van der Waals surface area contributed by atoms with Gasteiger partial charge in [0.15, 0.2) is 0 Å². The van der Waals surface area contributed by atoms with Gasteiger partial charge in [0.25, 0.3) is 5.91 Å². The fourth-order valence-corrected chi connectivity index (χ4v) is 2.33. The highest BCUT2D eigenvalue weighted by atomic mass is 32.1. The monoisotopic (exact) mass is 241 g/mol. The Hall–Kier alpha value is -0.870. The molecule has 0 radical (unpaired) electrons. The number of aryl methyl sites for hydroxylation is 1. The van der Waals surface area contributed by atoms with Crippen molar-refractivity contribution in [2.75, 3.05) is 6.61 Å². The van der Waals surface area contributed by atoms with Gasteiger partial charge < -0.3 is 10.4 Å². The molecule has 0 aromatic carbocycles. The van der Waals surface area contributed by atoms with Crippen LogP contribution in [0.3, 0.4) is 0 Å². The average molecular weight is 241 g/mol. The van der Waals surface area contributed by atoms with E-state index in [4.69, 9.17) is 5.11 Å². The van der Waals surface area contributed by atoms with Crippen LogP contribution in [0.2, 0.25) is 0 Å². The molecule has 0 aliphatic heterocycles. The lowest BCUT2D eigenvalue weighted by atomic mass is 9.95. The lowest BCUT2D eigenvalue weighted by Crippen LogP contribution is -2.46. The van der Waals surface area contributed by atoms with Crippen LogP contribution in [-0.4, -0.2) is 23.2 Å². The van der Waals surface area contributed by atoms with Crippen LogP contribution in [0.5, 0.6) is 0 Å². The Morgan fingerprint density at radius 2 is 2.31 bits per heavy atom. The van der Waals surface area contributed by atoms with Gasteiger partial charge in [-0.2, -0.15) is 0 Å². The number of rotatable bonds is 5. The predicted octanol–water partition coefficient (Wildman–Crippen LogP) is 2.34. The van der Waals surface area contributed by atoms with Crippen LogP contribution in [0.4, 0.5) is 0 Å². The zero-order valence-corrected chi connectivity index (χ0v) is 10.9. The molecule has 0 bridgehead atoms. The van der Waals surface area contributed by atoms with Crippen LogP contribution in [-0.2, 0) is 0 Å². The Labute approximate surface area is 100 Å². The van der Waals surface area contributed by atoms with Crippen LogP contribution in [0.25, 0.3) is 0 Å². The van der Waals surface area contributed by atoms with Crippen LogP contribution in [0, 0.1) is 6.92 Å². The number of hydrogen-bond acceptors (Lipinski definition) is 3. The van der Waals surface area contributed by atoms with Crippen molar-refractivity contribution in [2.45, 2.75) is 39.2 Å². The largest absolute Gasteiger partial charge is 0.396 e. The van der Waals surface area contributed by atoms with Crippen molar-refractivity contribution in [1.29, 1.82) is 0 Å². The van der Waals surface area contributed by atoms with E-state index < -0.39 is 0 Å². The molecule has 1 heterocycles. The summed E-state index contributed by atoms with van der Waals surface area (Å²) in [5, 5.41) is 13.9.